The average Bonchev–Trinajstić information content (AvgIpc) is 3.26. The topological polar surface area (TPSA) is 67.2 Å². The molecule has 1 saturated heterocycles. The van der Waals surface area contributed by atoms with Crippen molar-refractivity contribution in [2.75, 3.05) is 18.4 Å². The Balaban J connectivity index is 1.41. The summed E-state index contributed by atoms with van der Waals surface area (Å²) in [5.41, 5.74) is 3.04. The van der Waals surface area contributed by atoms with Crippen LogP contribution in [0.4, 0.5) is 5.95 Å². The van der Waals surface area contributed by atoms with E-state index in [0.717, 1.165) is 17.5 Å². The third-order valence-corrected chi connectivity index (χ3v) is 5.30. The molecule has 0 spiro atoms. The van der Waals surface area contributed by atoms with Gasteiger partial charge in [0.1, 0.15) is 0 Å². The van der Waals surface area contributed by atoms with Crippen LogP contribution < -0.4 is 5.32 Å². The van der Waals surface area contributed by atoms with E-state index in [1.165, 1.54) is 5.56 Å². The molecule has 1 N–H and O–H groups in total. The highest BCUT2D eigenvalue weighted by Gasteiger charge is 2.34. The number of carbonyl (C=O) groups is 2. The van der Waals surface area contributed by atoms with Gasteiger partial charge in [0.2, 0.25) is 17.8 Å². The number of benzene rings is 2. The normalized spacial score (nSPS) is 16.7. The van der Waals surface area contributed by atoms with Crippen molar-refractivity contribution in [3.63, 3.8) is 0 Å². The highest BCUT2D eigenvalue weighted by atomic mass is 16.2. The second kappa shape index (κ2) is 7.84. The number of hydrogen-bond acceptors (Lipinski definition) is 3. The lowest BCUT2D eigenvalue weighted by atomic mass is 10.1. The molecule has 0 radical (unpaired) electrons. The van der Waals surface area contributed by atoms with Crippen molar-refractivity contribution in [3.05, 3.63) is 60.2 Å². The number of hydrogen-bond donors (Lipinski definition) is 1. The molecule has 6 nitrogen and oxygen atoms in total. The van der Waals surface area contributed by atoms with E-state index in [9.17, 15) is 9.59 Å². The van der Waals surface area contributed by atoms with Gasteiger partial charge in [-0.2, -0.15) is 0 Å². The fraction of sp³-hybridized carbons (Fsp3) is 0.318. The molecule has 0 aliphatic carbocycles. The number of aromatic nitrogens is 2. The van der Waals surface area contributed by atoms with Crippen molar-refractivity contribution in [2.45, 2.75) is 26.3 Å². The smallest absolute Gasteiger partial charge is 0.232 e. The van der Waals surface area contributed by atoms with E-state index in [0.29, 0.717) is 25.6 Å². The fourth-order valence-electron chi connectivity index (χ4n) is 3.78. The molecule has 144 valence electrons. The van der Waals surface area contributed by atoms with Crippen molar-refractivity contribution in [3.8, 4) is 0 Å². The number of nitrogens with one attached hydrogen (secondary N) is 1. The van der Waals surface area contributed by atoms with Gasteiger partial charge in [0, 0.05) is 26.1 Å². The molecule has 0 bridgehead atoms. The van der Waals surface area contributed by atoms with Gasteiger partial charge in [-0.25, -0.2) is 4.98 Å². The van der Waals surface area contributed by atoms with Crippen LogP contribution >= 0.6 is 0 Å². The van der Waals surface area contributed by atoms with E-state index in [4.69, 9.17) is 0 Å². The molecule has 2 aromatic carbocycles. The molecule has 1 aliphatic rings. The lowest BCUT2D eigenvalue weighted by Gasteiger charge is -2.16. The van der Waals surface area contributed by atoms with Crippen LogP contribution in [0.15, 0.2) is 54.6 Å². The van der Waals surface area contributed by atoms with Crippen LogP contribution in [0.25, 0.3) is 11.0 Å². The lowest BCUT2D eigenvalue weighted by Crippen LogP contribution is -2.30. The van der Waals surface area contributed by atoms with Crippen LogP contribution in [0.3, 0.4) is 0 Å². The zero-order chi connectivity index (χ0) is 19.5. The summed E-state index contributed by atoms with van der Waals surface area (Å²) in [4.78, 5) is 31.5. The molecular weight excluding hydrogens is 352 g/mol. The molecule has 3 aromatic rings. The van der Waals surface area contributed by atoms with Crippen molar-refractivity contribution in [1.82, 2.24) is 14.5 Å². The Morgan fingerprint density at radius 3 is 2.68 bits per heavy atom. The van der Waals surface area contributed by atoms with Gasteiger partial charge in [-0.3, -0.25) is 14.9 Å². The average molecular weight is 376 g/mol. The van der Waals surface area contributed by atoms with Crippen molar-refractivity contribution < 1.29 is 9.59 Å². The predicted octanol–water partition coefficient (Wildman–Crippen LogP) is 3.09. The number of carbonyl (C=O) groups excluding carboxylic acids is 2. The van der Waals surface area contributed by atoms with Crippen LogP contribution in [-0.4, -0.2) is 39.4 Å². The van der Waals surface area contributed by atoms with Gasteiger partial charge < -0.3 is 9.47 Å². The van der Waals surface area contributed by atoms with Gasteiger partial charge in [-0.05, 0) is 31.0 Å². The first-order valence-electron chi connectivity index (χ1n) is 9.73. The monoisotopic (exact) mass is 376 g/mol. The standard InChI is InChI=1S/C22H24N4O2/c1-2-26-19-11-7-6-10-18(19)23-22(26)24-21(28)17-14-20(27)25(15-17)13-12-16-8-4-3-5-9-16/h3-11,17H,2,12-15H2,1H3,(H,23,24,28)/t17-/m1/s1. The van der Waals surface area contributed by atoms with Crippen LogP contribution in [0, 0.1) is 5.92 Å². The van der Waals surface area contributed by atoms with Crippen molar-refractivity contribution >= 4 is 28.8 Å². The molecule has 1 aliphatic heterocycles. The maximum atomic E-state index is 12.8. The van der Waals surface area contributed by atoms with E-state index in [1.54, 1.807) is 4.90 Å². The minimum Gasteiger partial charge on any atom is -0.342 e. The van der Waals surface area contributed by atoms with E-state index < -0.39 is 0 Å². The second-order valence-corrected chi connectivity index (χ2v) is 7.13. The van der Waals surface area contributed by atoms with Crippen LogP contribution in [-0.2, 0) is 22.6 Å². The van der Waals surface area contributed by atoms with Crippen LogP contribution in [0.5, 0.6) is 0 Å². The predicted molar refractivity (Wildman–Crippen MR) is 109 cm³/mol. The first kappa shape index (κ1) is 18.2. The van der Waals surface area contributed by atoms with Crippen LogP contribution in [0.1, 0.15) is 18.9 Å². The molecule has 1 atom stereocenters. The molecule has 0 unspecified atom stereocenters. The quantitative estimate of drug-likeness (QED) is 0.719. The summed E-state index contributed by atoms with van der Waals surface area (Å²) in [5, 5.41) is 2.94. The largest absolute Gasteiger partial charge is 0.342 e. The van der Waals surface area contributed by atoms with Gasteiger partial charge in [0.05, 0.1) is 17.0 Å². The van der Waals surface area contributed by atoms with Gasteiger partial charge in [-0.15, -0.1) is 0 Å². The molecule has 1 aromatic heterocycles. The Kier molecular flexibility index (Phi) is 5.10. The fourth-order valence-corrected chi connectivity index (χ4v) is 3.78. The van der Waals surface area contributed by atoms with Crippen LogP contribution in [0.2, 0.25) is 0 Å². The first-order valence-corrected chi connectivity index (χ1v) is 9.73. The molecule has 2 amide bonds. The minimum atomic E-state index is -0.339. The maximum Gasteiger partial charge on any atom is 0.232 e. The SMILES string of the molecule is CCn1c(NC(=O)[C@@H]2CC(=O)N(CCc3ccccc3)C2)nc2ccccc21. The number of likely N-dealkylation sites (tertiary alicyclic amines) is 1. The summed E-state index contributed by atoms with van der Waals surface area (Å²) in [6, 6.07) is 17.9. The highest BCUT2D eigenvalue weighted by molar-refractivity contribution is 5.97. The number of amides is 2. The number of rotatable bonds is 6. The Labute approximate surface area is 164 Å². The summed E-state index contributed by atoms with van der Waals surface area (Å²) < 4.78 is 1.98. The molecule has 1 fully saturated rings. The van der Waals surface area contributed by atoms with Gasteiger partial charge in [-0.1, -0.05) is 42.5 Å². The lowest BCUT2D eigenvalue weighted by molar-refractivity contribution is -0.128. The Morgan fingerprint density at radius 2 is 1.89 bits per heavy atom. The van der Waals surface area contributed by atoms with E-state index >= 15 is 0 Å². The van der Waals surface area contributed by atoms with Gasteiger partial charge in [0.25, 0.3) is 0 Å². The Morgan fingerprint density at radius 1 is 1.14 bits per heavy atom. The molecule has 4 rings (SSSR count). The number of aryl methyl sites for hydroxylation is 1. The van der Waals surface area contributed by atoms with Gasteiger partial charge in [0.15, 0.2) is 0 Å². The molecular formula is C22H24N4O2. The highest BCUT2D eigenvalue weighted by Crippen LogP contribution is 2.23. The van der Waals surface area contributed by atoms with Crippen molar-refractivity contribution in [2.24, 2.45) is 5.92 Å². The summed E-state index contributed by atoms with van der Waals surface area (Å²) in [7, 11) is 0. The third kappa shape index (κ3) is 3.63. The molecule has 28 heavy (non-hydrogen) atoms. The summed E-state index contributed by atoms with van der Waals surface area (Å²) in [5.74, 6) is 0.109. The Bertz CT molecular complexity index is 996. The number of fused-ring (bicyclic) bond motifs is 1. The molecule has 2 heterocycles. The minimum absolute atomic E-state index is 0.0417. The zero-order valence-electron chi connectivity index (χ0n) is 16.0. The van der Waals surface area contributed by atoms with E-state index in [1.807, 2.05) is 54.0 Å². The zero-order valence-corrected chi connectivity index (χ0v) is 16.0. The number of imidazole rings is 1. The second-order valence-electron chi connectivity index (χ2n) is 7.13. The Hall–Kier alpha value is -3.15. The molecule has 0 saturated carbocycles. The summed E-state index contributed by atoms with van der Waals surface area (Å²) in [6.45, 7) is 3.83. The van der Waals surface area contributed by atoms with Crippen molar-refractivity contribution in [1.29, 1.82) is 0 Å². The summed E-state index contributed by atoms with van der Waals surface area (Å²) in [6.07, 6.45) is 1.06. The molecule has 6 heteroatoms. The van der Waals surface area contributed by atoms with E-state index in [-0.39, 0.29) is 24.2 Å². The maximum absolute atomic E-state index is 12.8. The number of nitrogens with zero attached hydrogens (tertiary/aromatic N) is 3. The number of anilines is 1. The van der Waals surface area contributed by atoms with Gasteiger partial charge >= 0.3 is 0 Å². The van der Waals surface area contributed by atoms with E-state index in [2.05, 4.69) is 22.4 Å². The summed E-state index contributed by atoms with van der Waals surface area (Å²) >= 11 is 0. The first-order chi connectivity index (χ1) is 13.7. The number of para-hydroxylation sites is 2. The third-order valence-electron chi connectivity index (χ3n) is 5.30.